The van der Waals surface area contributed by atoms with Crippen molar-refractivity contribution in [2.45, 2.75) is 31.5 Å². The molecule has 0 bridgehead atoms. The van der Waals surface area contributed by atoms with Crippen molar-refractivity contribution in [2.75, 3.05) is 6.61 Å². The van der Waals surface area contributed by atoms with Gasteiger partial charge in [0.25, 0.3) is 0 Å². The third-order valence-corrected chi connectivity index (χ3v) is 4.01. The highest BCUT2D eigenvalue weighted by Gasteiger charge is 2.43. The lowest BCUT2D eigenvalue weighted by atomic mass is 10.1. The number of hydrogen-bond acceptors (Lipinski definition) is 6. The Hall–Kier alpha value is -1.39. The second kappa shape index (κ2) is 5.11. The molecule has 3 rings (SSSR count). The zero-order valence-corrected chi connectivity index (χ0v) is 11.8. The smallest absolute Gasteiger partial charge is 0.203 e. The summed E-state index contributed by atoms with van der Waals surface area (Å²) in [5, 5.41) is 29.4. The summed E-state index contributed by atoms with van der Waals surface area (Å²) < 4.78 is 20.4. The number of aromatic amines is 1. The Bertz CT molecular complexity index is 746. The van der Waals surface area contributed by atoms with E-state index in [1.165, 1.54) is 10.8 Å². The molecule has 9 heteroatoms. The first-order valence-electron chi connectivity index (χ1n) is 6.33. The molecule has 1 fully saturated rings. The summed E-state index contributed by atoms with van der Waals surface area (Å²) in [6.45, 7) is 1.15. The number of aliphatic hydroxyl groups excluding tert-OH is 3. The quantitative estimate of drug-likeness (QED) is 0.588. The number of halogens is 1. The minimum Gasteiger partial charge on any atom is -0.394 e. The van der Waals surface area contributed by atoms with Crippen LogP contribution >= 0.6 is 12.2 Å². The third-order valence-electron chi connectivity index (χ3n) is 3.70. The van der Waals surface area contributed by atoms with Crippen molar-refractivity contribution < 1.29 is 24.4 Å². The van der Waals surface area contributed by atoms with Crippen LogP contribution in [0.25, 0.3) is 11.0 Å². The fourth-order valence-electron chi connectivity index (χ4n) is 2.45. The minimum absolute atomic E-state index is 0.0681. The zero-order valence-electron chi connectivity index (χ0n) is 11.0. The van der Waals surface area contributed by atoms with Gasteiger partial charge in [0.2, 0.25) is 4.77 Å². The predicted molar refractivity (Wildman–Crippen MR) is 72.6 cm³/mol. The number of nitrogens with zero attached hydrogens (tertiary/aromatic N) is 2. The van der Waals surface area contributed by atoms with Gasteiger partial charge in [-0.25, -0.2) is 4.98 Å². The molecule has 1 saturated heterocycles. The summed E-state index contributed by atoms with van der Waals surface area (Å²) in [6, 6.07) is 0. The van der Waals surface area contributed by atoms with E-state index in [1.807, 2.05) is 0 Å². The number of aliphatic hydroxyl groups is 3. The normalized spacial score (nSPS) is 29.4. The number of aryl methyl sites for hydroxylation is 1. The molecule has 0 spiro atoms. The average Bonchev–Trinajstić information content (AvgIpc) is 2.88. The van der Waals surface area contributed by atoms with E-state index in [0.717, 1.165) is 0 Å². The summed E-state index contributed by atoms with van der Waals surface area (Å²) in [7, 11) is 0. The van der Waals surface area contributed by atoms with Crippen molar-refractivity contribution in [3.05, 3.63) is 22.5 Å². The van der Waals surface area contributed by atoms with Gasteiger partial charge < -0.3 is 25.0 Å². The van der Waals surface area contributed by atoms with Crippen LogP contribution in [0.4, 0.5) is 4.39 Å². The lowest BCUT2D eigenvalue weighted by Crippen LogP contribution is -2.33. The van der Waals surface area contributed by atoms with E-state index in [1.54, 1.807) is 6.92 Å². The monoisotopic (exact) mass is 315 g/mol. The van der Waals surface area contributed by atoms with Crippen LogP contribution in [0.3, 0.4) is 0 Å². The SMILES string of the molecule is Cc1c(F)[nH]c2nc(=S)n([C@@H]3O[C@H](CO)C(O)[C@@H]3O)cc12. The van der Waals surface area contributed by atoms with E-state index in [2.05, 4.69) is 9.97 Å². The van der Waals surface area contributed by atoms with Crippen LogP contribution in [0.2, 0.25) is 0 Å². The van der Waals surface area contributed by atoms with Crippen LogP contribution in [0, 0.1) is 17.6 Å². The van der Waals surface area contributed by atoms with Gasteiger partial charge in [-0.3, -0.25) is 4.57 Å². The van der Waals surface area contributed by atoms with E-state index >= 15 is 0 Å². The Kier molecular flexibility index (Phi) is 3.54. The number of ether oxygens (including phenoxy) is 1. The van der Waals surface area contributed by atoms with Crippen molar-refractivity contribution >= 4 is 23.3 Å². The first-order chi connectivity index (χ1) is 9.93. The van der Waals surface area contributed by atoms with E-state index in [-0.39, 0.29) is 4.77 Å². The maximum Gasteiger partial charge on any atom is 0.203 e. The van der Waals surface area contributed by atoms with Gasteiger partial charge >= 0.3 is 0 Å². The van der Waals surface area contributed by atoms with Gasteiger partial charge in [-0.15, -0.1) is 0 Å². The van der Waals surface area contributed by atoms with Gasteiger partial charge in [0, 0.05) is 17.1 Å². The van der Waals surface area contributed by atoms with Gasteiger partial charge in [-0.1, -0.05) is 0 Å². The van der Waals surface area contributed by atoms with Crippen LogP contribution < -0.4 is 0 Å². The largest absolute Gasteiger partial charge is 0.394 e. The molecule has 0 amide bonds. The Morgan fingerprint density at radius 1 is 1.48 bits per heavy atom. The fraction of sp³-hybridized carbons (Fsp3) is 0.500. The molecular weight excluding hydrogens is 301 g/mol. The maximum atomic E-state index is 13.5. The number of H-pyrrole nitrogens is 1. The predicted octanol–water partition coefficient (Wildman–Crippen LogP) is 0.153. The average molecular weight is 315 g/mol. The lowest BCUT2D eigenvalue weighted by Gasteiger charge is -2.18. The highest BCUT2D eigenvalue weighted by atomic mass is 32.1. The zero-order chi connectivity index (χ0) is 15.3. The maximum absolute atomic E-state index is 13.5. The molecule has 0 saturated carbocycles. The number of hydrogen-bond donors (Lipinski definition) is 4. The highest BCUT2D eigenvalue weighted by molar-refractivity contribution is 7.71. The molecule has 0 aromatic carbocycles. The summed E-state index contributed by atoms with van der Waals surface area (Å²) >= 11 is 5.11. The number of rotatable bonds is 2. The summed E-state index contributed by atoms with van der Waals surface area (Å²) in [6.07, 6.45) is -2.88. The first kappa shape index (κ1) is 14.5. The van der Waals surface area contributed by atoms with Crippen molar-refractivity contribution in [2.24, 2.45) is 0 Å². The summed E-state index contributed by atoms with van der Waals surface area (Å²) in [4.78, 5) is 6.53. The van der Waals surface area contributed by atoms with E-state index in [0.29, 0.717) is 16.6 Å². The summed E-state index contributed by atoms with van der Waals surface area (Å²) in [5.74, 6) is -0.509. The molecule has 7 nitrogen and oxygen atoms in total. The standard InChI is InChI=1S/C12H14FN3O4S/c1-4-5-2-16(12(21)15-10(5)14-9(4)13)11-8(19)7(18)6(3-17)20-11/h2,6-8,11,17-19H,3H2,1H3,(H,14,15,21)/t6-,7?,8+,11-/m1/s1. The van der Waals surface area contributed by atoms with Gasteiger partial charge in [-0.2, -0.15) is 4.39 Å². The van der Waals surface area contributed by atoms with Crippen LogP contribution in [-0.2, 0) is 4.74 Å². The molecule has 0 radical (unpaired) electrons. The van der Waals surface area contributed by atoms with Crippen molar-refractivity contribution in [1.29, 1.82) is 0 Å². The lowest BCUT2D eigenvalue weighted by molar-refractivity contribution is -0.0538. The molecule has 4 N–H and O–H groups in total. The summed E-state index contributed by atoms with van der Waals surface area (Å²) in [5.41, 5.74) is 0.672. The Morgan fingerprint density at radius 2 is 2.19 bits per heavy atom. The minimum atomic E-state index is -1.27. The van der Waals surface area contributed by atoms with Crippen molar-refractivity contribution in [1.82, 2.24) is 14.5 Å². The molecule has 114 valence electrons. The molecule has 3 heterocycles. The second-order valence-corrected chi connectivity index (χ2v) is 5.35. The van der Waals surface area contributed by atoms with Crippen LogP contribution in [-0.4, -0.2) is 54.8 Å². The fourth-order valence-corrected chi connectivity index (χ4v) is 2.69. The molecule has 0 aliphatic carbocycles. The molecular formula is C12H14FN3O4S. The molecule has 2 aromatic rings. The molecule has 1 aliphatic rings. The van der Waals surface area contributed by atoms with Crippen molar-refractivity contribution in [3.63, 3.8) is 0 Å². The number of nitrogens with one attached hydrogen (secondary N) is 1. The van der Waals surface area contributed by atoms with Gasteiger partial charge in [0.1, 0.15) is 24.0 Å². The molecule has 2 aromatic heterocycles. The molecule has 1 unspecified atom stereocenters. The first-order valence-corrected chi connectivity index (χ1v) is 6.74. The third kappa shape index (κ3) is 2.17. The Labute approximate surface area is 123 Å². The van der Waals surface area contributed by atoms with Crippen molar-refractivity contribution in [3.8, 4) is 0 Å². The highest BCUT2D eigenvalue weighted by Crippen LogP contribution is 2.30. The van der Waals surface area contributed by atoms with Gasteiger partial charge in [0.15, 0.2) is 12.2 Å². The van der Waals surface area contributed by atoms with Gasteiger partial charge in [-0.05, 0) is 19.1 Å². The second-order valence-electron chi connectivity index (χ2n) is 4.99. The Balaban J connectivity index is 2.10. The van der Waals surface area contributed by atoms with Crippen LogP contribution in [0.5, 0.6) is 0 Å². The molecule has 4 atom stereocenters. The Morgan fingerprint density at radius 3 is 2.81 bits per heavy atom. The molecule has 21 heavy (non-hydrogen) atoms. The number of fused-ring (bicyclic) bond motifs is 1. The van der Waals surface area contributed by atoms with Crippen LogP contribution in [0.1, 0.15) is 11.8 Å². The number of aromatic nitrogens is 3. The topological polar surface area (TPSA) is 104 Å². The van der Waals surface area contributed by atoms with Crippen LogP contribution in [0.15, 0.2) is 6.20 Å². The van der Waals surface area contributed by atoms with Gasteiger partial charge in [0.05, 0.1) is 6.61 Å². The van der Waals surface area contributed by atoms with E-state index in [4.69, 9.17) is 22.1 Å². The van der Waals surface area contributed by atoms with E-state index in [9.17, 15) is 14.6 Å². The molecule has 1 aliphatic heterocycles. The van der Waals surface area contributed by atoms with E-state index < -0.39 is 37.1 Å².